The summed E-state index contributed by atoms with van der Waals surface area (Å²) in [7, 11) is 0. The van der Waals surface area contributed by atoms with Gasteiger partial charge in [0.2, 0.25) is 0 Å². The smallest absolute Gasteiger partial charge is 0.290 e. The molecule has 84 valence electrons. The molecule has 0 spiro atoms. The Hall–Kier alpha value is -1.56. The molecule has 0 radical (unpaired) electrons. The van der Waals surface area contributed by atoms with Gasteiger partial charge in [-0.1, -0.05) is 18.7 Å². The van der Waals surface area contributed by atoms with Crippen LogP contribution in [0.15, 0.2) is 36.0 Å². The average Bonchev–Trinajstić information content (AvgIpc) is 2.14. The average molecular weight is 220 g/mol. The molecule has 1 amide bonds. The van der Waals surface area contributed by atoms with Crippen LogP contribution in [0.2, 0.25) is 0 Å². The van der Waals surface area contributed by atoms with Gasteiger partial charge in [-0.2, -0.15) is 13.2 Å². The highest BCUT2D eigenvalue weighted by Crippen LogP contribution is 2.29. The normalized spacial score (nSPS) is 13.7. The SMILES string of the molecule is C=C/C=C\C(=C(/C)C(=O)NN)C(F)(F)F. The lowest BCUT2D eigenvalue weighted by molar-refractivity contribution is -0.119. The summed E-state index contributed by atoms with van der Waals surface area (Å²) >= 11 is 0. The summed E-state index contributed by atoms with van der Waals surface area (Å²) in [6.45, 7) is 4.28. The molecule has 3 N–H and O–H groups in total. The van der Waals surface area contributed by atoms with Gasteiger partial charge in [0, 0.05) is 5.57 Å². The van der Waals surface area contributed by atoms with Gasteiger partial charge < -0.3 is 0 Å². The molecule has 0 aromatic heterocycles. The number of nitrogens with one attached hydrogen (secondary N) is 1. The molecule has 0 rings (SSSR count). The van der Waals surface area contributed by atoms with Crippen LogP contribution in [0.4, 0.5) is 13.2 Å². The molecule has 0 bridgehead atoms. The zero-order chi connectivity index (χ0) is 12.1. The van der Waals surface area contributed by atoms with E-state index in [-0.39, 0.29) is 0 Å². The van der Waals surface area contributed by atoms with E-state index in [1.54, 1.807) is 5.43 Å². The maximum atomic E-state index is 12.4. The first-order valence-corrected chi connectivity index (χ1v) is 3.92. The lowest BCUT2D eigenvalue weighted by atomic mass is 10.1. The van der Waals surface area contributed by atoms with Gasteiger partial charge in [-0.25, -0.2) is 5.84 Å². The molecule has 0 saturated carbocycles. The molecule has 0 fully saturated rings. The van der Waals surface area contributed by atoms with Crippen LogP contribution in [-0.4, -0.2) is 12.1 Å². The summed E-state index contributed by atoms with van der Waals surface area (Å²) in [5, 5.41) is 0. The maximum absolute atomic E-state index is 12.4. The molecule has 6 heteroatoms. The second-order valence-corrected chi connectivity index (χ2v) is 2.60. The predicted molar refractivity (Wildman–Crippen MR) is 50.4 cm³/mol. The number of hydrogen-bond donors (Lipinski definition) is 2. The van der Waals surface area contributed by atoms with E-state index in [9.17, 15) is 18.0 Å². The Bertz CT molecular complexity index is 316. The molecule has 15 heavy (non-hydrogen) atoms. The second-order valence-electron chi connectivity index (χ2n) is 2.60. The van der Waals surface area contributed by atoms with Crippen LogP contribution in [0.5, 0.6) is 0 Å². The van der Waals surface area contributed by atoms with Crippen LogP contribution in [0, 0.1) is 0 Å². The topological polar surface area (TPSA) is 55.1 Å². The van der Waals surface area contributed by atoms with Crippen molar-refractivity contribution in [2.45, 2.75) is 13.1 Å². The number of carbonyl (C=O) groups excluding carboxylic acids is 1. The molecule has 0 aliphatic rings. The van der Waals surface area contributed by atoms with Gasteiger partial charge in [-0.05, 0) is 13.0 Å². The van der Waals surface area contributed by atoms with E-state index in [0.29, 0.717) is 0 Å². The second kappa shape index (κ2) is 5.35. The Morgan fingerprint density at radius 1 is 1.47 bits per heavy atom. The van der Waals surface area contributed by atoms with Crippen molar-refractivity contribution in [3.05, 3.63) is 36.0 Å². The van der Waals surface area contributed by atoms with Gasteiger partial charge in [0.15, 0.2) is 0 Å². The first-order chi connectivity index (χ1) is 6.84. The summed E-state index contributed by atoms with van der Waals surface area (Å²) in [6.07, 6.45) is -1.57. The van der Waals surface area contributed by atoms with Gasteiger partial charge in [0.1, 0.15) is 0 Å². The summed E-state index contributed by atoms with van der Waals surface area (Å²) in [4.78, 5) is 10.9. The number of alkyl halides is 3. The minimum absolute atomic E-state index is 0.497. The number of allylic oxidation sites excluding steroid dienone is 4. The zero-order valence-electron chi connectivity index (χ0n) is 8.06. The largest absolute Gasteiger partial charge is 0.416 e. The molecular formula is C9H11F3N2O. The van der Waals surface area contributed by atoms with Crippen molar-refractivity contribution in [3.8, 4) is 0 Å². The highest BCUT2D eigenvalue weighted by atomic mass is 19.4. The quantitative estimate of drug-likeness (QED) is 0.249. The van der Waals surface area contributed by atoms with E-state index in [0.717, 1.165) is 19.1 Å². The molecular weight excluding hydrogens is 209 g/mol. The van der Waals surface area contributed by atoms with E-state index in [1.807, 2.05) is 0 Å². The monoisotopic (exact) mass is 220 g/mol. The Kier molecular flexibility index (Phi) is 4.80. The third-order valence-electron chi connectivity index (χ3n) is 1.58. The summed E-state index contributed by atoms with van der Waals surface area (Å²) in [6, 6.07) is 0. The first-order valence-electron chi connectivity index (χ1n) is 3.92. The highest BCUT2D eigenvalue weighted by Gasteiger charge is 2.34. The summed E-state index contributed by atoms with van der Waals surface area (Å²) in [5.74, 6) is 3.76. The van der Waals surface area contributed by atoms with E-state index in [4.69, 9.17) is 5.84 Å². The number of amides is 1. The predicted octanol–water partition coefficient (Wildman–Crippen LogP) is 1.60. The number of hydrazine groups is 1. The van der Waals surface area contributed by atoms with Crippen molar-refractivity contribution in [1.82, 2.24) is 5.43 Å². The van der Waals surface area contributed by atoms with Gasteiger partial charge in [-0.15, -0.1) is 0 Å². The van der Waals surface area contributed by atoms with Gasteiger partial charge in [-0.3, -0.25) is 10.2 Å². The van der Waals surface area contributed by atoms with Gasteiger partial charge in [0.05, 0.1) is 5.57 Å². The fraction of sp³-hybridized carbons (Fsp3) is 0.222. The van der Waals surface area contributed by atoms with Crippen LogP contribution in [0.1, 0.15) is 6.92 Å². The van der Waals surface area contributed by atoms with E-state index in [2.05, 4.69) is 6.58 Å². The van der Waals surface area contributed by atoms with Crippen molar-refractivity contribution in [1.29, 1.82) is 0 Å². The number of carbonyl (C=O) groups is 1. The molecule has 0 aliphatic carbocycles. The number of halogens is 3. The van der Waals surface area contributed by atoms with Crippen molar-refractivity contribution in [2.75, 3.05) is 0 Å². The van der Waals surface area contributed by atoms with E-state index < -0.39 is 23.2 Å². The molecule has 0 atom stereocenters. The van der Waals surface area contributed by atoms with Crippen LogP contribution >= 0.6 is 0 Å². The fourth-order valence-corrected chi connectivity index (χ4v) is 0.827. The van der Waals surface area contributed by atoms with Crippen molar-refractivity contribution in [2.24, 2.45) is 5.84 Å². The van der Waals surface area contributed by atoms with Crippen LogP contribution in [-0.2, 0) is 4.79 Å². The lowest BCUT2D eigenvalue weighted by Gasteiger charge is -2.10. The fourth-order valence-electron chi connectivity index (χ4n) is 0.827. The third kappa shape index (κ3) is 3.99. The molecule has 0 unspecified atom stereocenters. The molecule has 3 nitrogen and oxygen atoms in total. The summed E-state index contributed by atoms with van der Waals surface area (Å²) < 4.78 is 37.3. The molecule has 0 saturated heterocycles. The van der Waals surface area contributed by atoms with Crippen molar-refractivity contribution < 1.29 is 18.0 Å². The lowest BCUT2D eigenvalue weighted by Crippen LogP contribution is -2.32. The molecule has 0 aliphatic heterocycles. The number of nitrogens with two attached hydrogens (primary N) is 1. The van der Waals surface area contributed by atoms with Crippen LogP contribution < -0.4 is 11.3 Å². The zero-order valence-corrected chi connectivity index (χ0v) is 8.06. The minimum atomic E-state index is -4.60. The Labute approximate surface area is 85.1 Å². The number of hydrogen-bond acceptors (Lipinski definition) is 2. The molecule has 0 heterocycles. The van der Waals surface area contributed by atoms with E-state index >= 15 is 0 Å². The Morgan fingerprint density at radius 2 is 2.00 bits per heavy atom. The third-order valence-corrected chi connectivity index (χ3v) is 1.58. The van der Waals surface area contributed by atoms with Crippen LogP contribution in [0.25, 0.3) is 0 Å². The first kappa shape index (κ1) is 13.4. The molecule has 0 aromatic rings. The number of rotatable bonds is 3. The van der Waals surface area contributed by atoms with Crippen molar-refractivity contribution in [3.63, 3.8) is 0 Å². The van der Waals surface area contributed by atoms with Gasteiger partial charge in [0.25, 0.3) is 5.91 Å². The maximum Gasteiger partial charge on any atom is 0.416 e. The highest BCUT2D eigenvalue weighted by molar-refractivity contribution is 5.93. The molecule has 0 aromatic carbocycles. The van der Waals surface area contributed by atoms with Crippen molar-refractivity contribution >= 4 is 5.91 Å². The van der Waals surface area contributed by atoms with Gasteiger partial charge >= 0.3 is 6.18 Å². The Balaban J connectivity index is 5.35. The minimum Gasteiger partial charge on any atom is -0.290 e. The van der Waals surface area contributed by atoms with E-state index in [1.165, 1.54) is 6.08 Å². The standard InChI is InChI=1S/C9H11F3N2O/c1-3-4-5-7(9(10,11)12)6(2)8(15)14-13/h3-5H,1,13H2,2H3,(H,14,15)/b5-4-,7-6-. The summed E-state index contributed by atoms with van der Waals surface area (Å²) in [5.41, 5.74) is 0.0895. The Morgan fingerprint density at radius 3 is 2.33 bits per heavy atom. The van der Waals surface area contributed by atoms with Crippen LogP contribution in [0.3, 0.4) is 0 Å².